The van der Waals surface area contributed by atoms with Crippen LogP contribution in [0.2, 0.25) is 0 Å². The molecular weight excluding hydrogens is 378 g/mol. The predicted molar refractivity (Wildman–Crippen MR) is 123 cm³/mol. The van der Waals surface area contributed by atoms with Gasteiger partial charge in [-0.2, -0.15) is 0 Å². The van der Waals surface area contributed by atoms with E-state index in [1.54, 1.807) is 12.3 Å². The molecule has 1 saturated heterocycles. The normalized spacial score (nSPS) is 14.9. The number of pyridine rings is 1. The van der Waals surface area contributed by atoms with Crippen LogP contribution in [0.25, 0.3) is 0 Å². The van der Waals surface area contributed by atoms with E-state index in [-0.39, 0.29) is 11.8 Å². The van der Waals surface area contributed by atoms with Gasteiger partial charge in [-0.1, -0.05) is 48.5 Å². The van der Waals surface area contributed by atoms with Gasteiger partial charge in [0.2, 0.25) is 5.91 Å². The molecule has 0 aliphatic carbocycles. The second-order valence-corrected chi connectivity index (χ2v) is 10.0. The molecule has 1 aromatic rings. The number of hydrogen-bond acceptors (Lipinski definition) is 5. The Bertz CT molecular complexity index is 724. The molecule has 2 heterocycles. The Hall–Kier alpha value is -2.15. The summed E-state index contributed by atoms with van der Waals surface area (Å²) < 4.78 is 0. The van der Waals surface area contributed by atoms with Crippen LogP contribution in [0.1, 0.15) is 58.8 Å². The fraction of sp³-hybridized carbons (Fsp3) is 0.696. The van der Waals surface area contributed by atoms with Crippen LogP contribution in [0.5, 0.6) is 0 Å². The number of piperazine rings is 1. The summed E-state index contributed by atoms with van der Waals surface area (Å²) in [7, 11) is 0. The van der Waals surface area contributed by atoms with Crippen LogP contribution in [0, 0.1) is 17.3 Å². The van der Waals surface area contributed by atoms with Gasteiger partial charge in [0.1, 0.15) is 5.82 Å². The van der Waals surface area contributed by atoms with Crippen molar-refractivity contribution in [2.45, 2.75) is 48.5 Å². The number of aromatic nitrogens is 1. The van der Waals surface area contributed by atoms with Crippen LogP contribution in [0.15, 0.2) is 12.3 Å². The Morgan fingerprint density at radius 2 is 1.70 bits per heavy atom. The fourth-order valence-corrected chi connectivity index (χ4v) is 3.42. The number of nitrogens with zero attached hydrogens (tertiary/aromatic N) is 3. The molecule has 0 bridgehead atoms. The molecule has 0 aromatic carbocycles. The zero-order chi connectivity index (χ0) is 22.5. The predicted octanol–water partition coefficient (Wildman–Crippen LogP) is 3.23. The van der Waals surface area contributed by atoms with Crippen LogP contribution in [0.3, 0.4) is 0 Å². The van der Waals surface area contributed by atoms with Crippen molar-refractivity contribution in [2.75, 3.05) is 49.5 Å². The van der Waals surface area contributed by atoms with Crippen molar-refractivity contribution in [3.05, 3.63) is 17.8 Å². The average Bonchev–Trinajstić information content (AvgIpc) is 2.66. The summed E-state index contributed by atoms with van der Waals surface area (Å²) in [6, 6.07) is 1.80. The SMILES string of the molecule is CC(C)CN(CC(C)C)C(=O)c1cc(NC(=O)C(C)(C)C)cnc1N1CCNCC1. The molecule has 0 unspecified atom stereocenters. The van der Waals surface area contributed by atoms with E-state index >= 15 is 0 Å². The molecule has 0 radical (unpaired) electrons. The monoisotopic (exact) mass is 417 g/mol. The molecular formula is C23H39N5O2. The van der Waals surface area contributed by atoms with Gasteiger partial charge in [0, 0.05) is 44.7 Å². The Morgan fingerprint density at radius 3 is 2.20 bits per heavy atom. The highest BCUT2D eigenvalue weighted by Crippen LogP contribution is 2.26. The standard InChI is InChI=1S/C23H39N5O2/c1-16(2)14-28(15-17(3)4)21(29)19-12-18(26-22(30)23(5,6)7)13-25-20(19)27-10-8-24-9-11-27/h12-13,16-17,24H,8-11,14-15H2,1-7H3,(H,26,30). The lowest BCUT2D eigenvalue weighted by atomic mass is 9.95. The largest absolute Gasteiger partial charge is 0.353 e. The van der Waals surface area contributed by atoms with Crippen LogP contribution in [-0.2, 0) is 4.79 Å². The Kier molecular flexibility index (Phi) is 8.24. The van der Waals surface area contributed by atoms with E-state index in [0.717, 1.165) is 26.2 Å². The first-order valence-corrected chi connectivity index (χ1v) is 11.1. The second kappa shape index (κ2) is 10.2. The molecule has 0 saturated carbocycles. The first-order chi connectivity index (χ1) is 14.0. The lowest BCUT2D eigenvalue weighted by Gasteiger charge is -2.32. The third-order valence-electron chi connectivity index (χ3n) is 4.91. The third kappa shape index (κ3) is 6.69. The van der Waals surface area contributed by atoms with Crippen molar-refractivity contribution >= 4 is 23.3 Å². The molecule has 2 N–H and O–H groups in total. The van der Waals surface area contributed by atoms with Gasteiger partial charge in [0.15, 0.2) is 0 Å². The van der Waals surface area contributed by atoms with E-state index in [1.165, 1.54) is 0 Å². The summed E-state index contributed by atoms with van der Waals surface area (Å²) in [6.07, 6.45) is 1.66. The van der Waals surface area contributed by atoms with E-state index in [9.17, 15) is 9.59 Å². The number of carbonyl (C=O) groups excluding carboxylic acids is 2. The molecule has 7 heteroatoms. The summed E-state index contributed by atoms with van der Waals surface area (Å²) >= 11 is 0. The summed E-state index contributed by atoms with van der Waals surface area (Å²) in [5, 5.41) is 6.27. The minimum absolute atomic E-state index is 0.0229. The van der Waals surface area contributed by atoms with Gasteiger partial charge in [0.05, 0.1) is 17.4 Å². The van der Waals surface area contributed by atoms with Gasteiger partial charge < -0.3 is 20.4 Å². The van der Waals surface area contributed by atoms with Crippen molar-refractivity contribution < 1.29 is 9.59 Å². The minimum atomic E-state index is -0.525. The molecule has 2 amide bonds. The highest BCUT2D eigenvalue weighted by molar-refractivity contribution is 6.01. The van der Waals surface area contributed by atoms with Gasteiger partial charge >= 0.3 is 0 Å². The lowest BCUT2D eigenvalue weighted by Crippen LogP contribution is -2.45. The molecule has 2 rings (SSSR count). The number of hydrogen-bond donors (Lipinski definition) is 2. The average molecular weight is 418 g/mol. The van der Waals surface area contributed by atoms with Crippen LogP contribution >= 0.6 is 0 Å². The quantitative estimate of drug-likeness (QED) is 0.712. The molecule has 1 aliphatic heterocycles. The fourth-order valence-electron chi connectivity index (χ4n) is 3.42. The molecule has 168 valence electrons. The highest BCUT2D eigenvalue weighted by atomic mass is 16.2. The Morgan fingerprint density at radius 1 is 1.13 bits per heavy atom. The summed E-state index contributed by atoms with van der Waals surface area (Å²) in [4.78, 5) is 34.8. The van der Waals surface area contributed by atoms with Gasteiger partial charge in [-0.25, -0.2) is 4.98 Å². The maximum Gasteiger partial charge on any atom is 0.257 e. The van der Waals surface area contributed by atoms with Crippen molar-refractivity contribution in [2.24, 2.45) is 17.3 Å². The van der Waals surface area contributed by atoms with Crippen LogP contribution in [0.4, 0.5) is 11.5 Å². The van der Waals surface area contributed by atoms with Crippen molar-refractivity contribution in [3.63, 3.8) is 0 Å². The Balaban J connectivity index is 2.43. The van der Waals surface area contributed by atoms with Gasteiger partial charge in [0.25, 0.3) is 5.91 Å². The number of anilines is 2. The number of carbonyl (C=O) groups is 2. The first kappa shape index (κ1) is 24.1. The van der Waals surface area contributed by atoms with Gasteiger partial charge in [-0.3, -0.25) is 9.59 Å². The number of nitrogens with one attached hydrogen (secondary N) is 2. The maximum atomic E-state index is 13.6. The molecule has 0 spiro atoms. The summed E-state index contributed by atoms with van der Waals surface area (Å²) in [6.45, 7) is 18.8. The van der Waals surface area contributed by atoms with E-state index in [1.807, 2.05) is 25.7 Å². The molecule has 1 aliphatic rings. The van der Waals surface area contributed by atoms with Crippen LogP contribution < -0.4 is 15.5 Å². The smallest absolute Gasteiger partial charge is 0.257 e. The molecule has 30 heavy (non-hydrogen) atoms. The minimum Gasteiger partial charge on any atom is -0.353 e. The van der Waals surface area contributed by atoms with E-state index < -0.39 is 5.41 Å². The lowest BCUT2D eigenvalue weighted by molar-refractivity contribution is -0.123. The third-order valence-corrected chi connectivity index (χ3v) is 4.91. The maximum absolute atomic E-state index is 13.6. The second-order valence-electron chi connectivity index (χ2n) is 10.0. The van der Waals surface area contributed by atoms with Crippen LogP contribution in [-0.4, -0.2) is 61.0 Å². The van der Waals surface area contributed by atoms with E-state index in [0.29, 0.717) is 42.0 Å². The molecule has 7 nitrogen and oxygen atoms in total. The van der Waals surface area contributed by atoms with Crippen molar-refractivity contribution in [3.8, 4) is 0 Å². The molecule has 1 aromatic heterocycles. The number of amides is 2. The molecule has 1 fully saturated rings. The first-order valence-electron chi connectivity index (χ1n) is 11.1. The highest BCUT2D eigenvalue weighted by Gasteiger charge is 2.27. The zero-order valence-electron chi connectivity index (χ0n) is 19.7. The summed E-state index contributed by atoms with van der Waals surface area (Å²) in [5.41, 5.74) is 0.596. The van der Waals surface area contributed by atoms with Crippen molar-refractivity contribution in [1.82, 2.24) is 15.2 Å². The van der Waals surface area contributed by atoms with Gasteiger partial charge in [-0.05, 0) is 17.9 Å². The zero-order valence-corrected chi connectivity index (χ0v) is 19.7. The van der Waals surface area contributed by atoms with E-state index in [2.05, 4.69) is 48.2 Å². The topological polar surface area (TPSA) is 77.6 Å². The van der Waals surface area contributed by atoms with Gasteiger partial charge in [-0.15, -0.1) is 0 Å². The Labute approximate surface area is 181 Å². The summed E-state index contributed by atoms with van der Waals surface area (Å²) in [5.74, 6) is 1.32. The van der Waals surface area contributed by atoms with Crippen molar-refractivity contribution in [1.29, 1.82) is 0 Å². The molecule has 0 atom stereocenters. The van der Waals surface area contributed by atoms with E-state index in [4.69, 9.17) is 0 Å². The number of rotatable bonds is 7.